The summed E-state index contributed by atoms with van der Waals surface area (Å²) >= 11 is 1.45. The van der Waals surface area contributed by atoms with Gasteiger partial charge < -0.3 is 20.5 Å². The number of nitrogens with zero attached hydrogens (tertiary/aromatic N) is 1. The maximum absolute atomic E-state index is 12.3. The number of nitrogens with one attached hydrogen (secondary N) is 1. The number of anilines is 1. The fraction of sp³-hybridized carbons (Fsp3) is 0.444. The topological polar surface area (TPSA) is 86.5 Å². The summed E-state index contributed by atoms with van der Waals surface area (Å²) in [5.74, 6) is -0.220. The molecule has 1 aromatic heterocycles. The van der Waals surface area contributed by atoms with Crippen molar-refractivity contribution in [3.8, 4) is 0 Å². The predicted molar refractivity (Wildman–Crippen MR) is 107 cm³/mol. The van der Waals surface area contributed by atoms with Crippen molar-refractivity contribution in [3.63, 3.8) is 0 Å². The Morgan fingerprint density at radius 1 is 1.35 bits per heavy atom. The number of thiazole rings is 1. The summed E-state index contributed by atoms with van der Waals surface area (Å²) in [7, 11) is 0. The van der Waals surface area contributed by atoms with Crippen LogP contribution in [0, 0.1) is 0 Å². The molecule has 8 heteroatoms. The SMILES string of the molecule is CC(C)OCCOCc1cccc(NC(=O)c2csc(CCN)n2)c1.Cl. The Morgan fingerprint density at radius 3 is 2.88 bits per heavy atom. The van der Waals surface area contributed by atoms with E-state index in [1.54, 1.807) is 5.38 Å². The first-order valence-corrected chi connectivity index (χ1v) is 9.20. The van der Waals surface area contributed by atoms with E-state index in [9.17, 15) is 4.79 Å². The number of ether oxygens (including phenoxy) is 2. The lowest BCUT2D eigenvalue weighted by Crippen LogP contribution is -2.13. The van der Waals surface area contributed by atoms with Crippen LogP contribution in [0.3, 0.4) is 0 Å². The van der Waals surface area contributed by atoms with Crippen molar-refractivity contribution < 1.29 is 14.3 Å². The zero-order chi connectivity index (χ0) is 18.1. The van der Waals surface area contributed by atoms with Gasteiger partial charge in [0.2, 0.25) is 0 Å². The zero-order valence-corrected chi connectivity index (χ0v) is 16.7. The van der Waals surface area contributed by atoms with Gasteiger partial charge >= 0.3 is 0 Å². The summed E-state index contributed by atoms with van der Waals surface area (Å²) in [5.41, 5.74) is 7.63. The molecule has 0 unspecified atom stereocenters. The number of nitrogens with two attached hydrogens (primary N) is 1. The van der Waals surface area contributed by atoms with Crippen LogP contribution in [0.4, 0.5) is 5.69 Å². The van der Waals surface area contributed by atoms with Gasteiger partial charge in [-0.25, -0.2) is 4.98 Å². The molecule has 3 N–H and O–H groups in total. The Morgan fingerprint density at radius 2 is 2.15 bits per heavy atom. The van der Waals surface area contributed by atoms with Crippen molar-refractivity contribution >= 4 is 35.3 Å². The van der Waals surface area contributed by atoms with Crippen LogP contribution >= 0.6 is 23.7 Å². The van der Waals surface area contributed by atoms with Gasteiger partial charge in [-0.15, -0.1) is 23.7 Å². The minimum atomic E-state index is -0.220. The largest absolute Gasteiger partial charge is 0.376 e. The molecule has 0 aliphatic heterocycles. The molecular formula is C18H26ClN3O3S. The van der Waals surface area contributed by atoms with E-state index < -0.39 is 0 Å². The van der Waals surface area contributed by atoms with Crippen LogP contribution in [-0.4, -0.2) is 36.8 Å². The molecule has 6 nitrogen and oxygen atoms in total. The molecule has 1 amide bonds. The van der Waals surface area contributed by atoms with E-state index in [1.165, 1.54) is 11.3 Å². The fourth-order valence-corrected chi connectivity index (χ4v) is 2.91. The summed E-state index contributed by atoms with van der Waals surface area (Å²) < 4.78 is 11.0. The van der Waals surface area contributed by atoms with Gasteiger partial charge in [-0.3, -0.25) is 4.79 Å². The monoisotopic (exact) mass is 399 g/mol. The van der Waals surface area contributed by atoms with E-state index >= 15 is 0 Å². The Bertz CT molecular complexity index is 679. The first kappa shape index (κ1) is 22.5. The summed E-state index contributed by atoms with van der Waals surface area (Å²) in [6, 6.07) is 7.59. The third kappa shape index (κ3) is 7.80. The first-order valence-electron chi connectivity index (χ1n) is 8.32. The minimum Gasteiger partial charge on any atom is -0.376 e. The summed E-state index contributed by atoms with van der Waals surface area (Å²) in [6.45, 7) is 6.10. The Labute approximate surface area is 164 Å². The Balaban J connectivity index is 0.00000338. The highest BCUT2D eigenvalue weighted by atomic mass is 35.5. The molecule has 0 saturated heterocycles. The number of carbonyl (C=O) groups is 1. The van der Waals surface area contributed by atoms with Crippen LogP contribution < -0.4 is 11.1 Å². The number of amides is 1. The van der Waals surface area contributed by atoms with Gasteiger partial charge in [0.1, 0.15) is 5.69 Å². The van der Waals surface area contributed by atoms with Crippen molar-refractivity contribution in [1.82, 2.24) is 4.98 Å². The molecule has 1 heterocycles. The Hall–Kier alpha value is -1.51. The molecule has 1 aromatic carbocycles. The van der Waals surface area contributed by atoms with Crippen LogP contribution in [0.1, 0.15) is 34.9 Å². The molecule has 0 spiro atoms. The van der Waals surface area contributed by atoms with Crippen LogP contribution in [0.25, 0.3) is 0 Å². The quantitative estimate of drug-likeness (QED) is 0.599. The lowest BCUT2D eigenvalue weighted by atomic mass is 10.2. The second kappa shape index (κ2) is 12.0. The number of hydrogen-bond donors (Lipinski definition) is 2. The normalized spacial score (nSPS) is 10.6. The summed E-state index contributed by atoms with van der Waals surface area (Å²) in [6.07, 6.45) is 0.892. The third-order valence-corrected chi connectivity index (χ3v) is 4.18. The number of benzene rings is 1. The van der Waals surface area contributed by atoms with E-state index in [4.69, 9.17) is 15.2 Å². The fourth-order valence-electron chi connectivity index (χ4n) is 2.12. The highest BCUT2D eigenvalue weighted by Crippen LogP contribution is 2.15. The number of aromatic nitrogens is 1. The maximum atomic E-state index is 12.3. The van der Waals surface area contributed by atoms with Crippen LogP contribution in [-0.2, 0) is 22.5 Å². The summed E-state index contributed by atoms with van der Waals surface area (Å²) in [4.78, 5) is 16.6. The van der Waals surface area contributed by atoms with E-state index in [1.807, 2.05) is 38.1 Å². The summed E-state index contributed by atoms with van der Waals surface area (Å²) in [5, 5.41) is 5.49. The molecule has 2 aromatic rings. The number of carbonyl (C=O) groups excluding carboxylic acids is 1. The minimum absolute atomic E-state index is 0. The van der Waals surface area contributed by atoms with Crippen molar-refractivity contribution in [2.45, 2.75) is 33.0 Å². The van der Waals surface area contributed by atoms with Gasteiger partial charge in [-0.2, -0.15) is 0 Å². The maximum Gasteiger partial charge on any atom is 0.275 e. The number of rotatable bonds is 10. The van der Waals surface area contributed by atoms with E-state index in [-0.39, 0.29) is 24.4 Å². The Kier molecular flexibility index (Phi) is 10.4. The molecule has 2 rings (SSSR count). The zero-order valence-electron chi connectivity index (χ0n) is 15.1. The molecule has 0 radical (unpaired) electrons. The van der Waals surface area contributed by atoms with Crippen LogP contribution in [0.5, 0.6) is 0 Å². The highest BCUT2D eigenvalue weighted by molar-refractivity contribution is 7.09. The molecule has 0 bridgehead atoms. The highest BCUT2D eigenvalue weighted by Gasteiger charge is 2.11. The lowest BCUT2D eigenvalue weighted by Gasteiger charge is -2.09. The molecule has 144 valence electrons. The van der Waals surface area contributed by atoms with E-state index in [0.717, 1.165) is 16.3 Å². The van der Waals surface area contributed by atoms with Crippen molar-refractivity contribution in [3.05, 3.63) is 45.9 Å². The van der Waals surface area contributed by atoms with Crippen molar-refractivity contribution in [1.29, 1.82) is 0 Å². The molecular weight excluding hydrogens is 374 g/mol. The van der Waals surface area contributed by atoms with Crippen LogP contribution in [0.15, 0.2) is 29.6 Å². The van der Waals surface area contributed by atoms with E-state index in [0.29, 0.717) is 38.5 Å². The van der Waals surface area contributed by atoms with Gasteiger partial charge in [0.15, 0.2) is 0 Å². The molecule has 26 heavy (non-hydrogen) atoms. The van der Waals surface area contributed by atoms with Gasteiger partial charge in [0.25, 0.3) is 5.91 Å². The van der Waals surface area contributed by atoms with Gasteiger partial charge in [-0.05, 0) is 38.1 Å². The lowest BCUT2D eigenvalue weighted by molar-refractivity contribution is 0.0143. The van der Waals surface area contributed by atoms with Crippen molar-refractivity contribution in [2.75, 3.05) is 25.1 Å². The molecule has 0 aliphatic rings. The third-order valence-electron chi connectivity index (χ3n) is 3.28. The molecule has 0 aliphatic carbocycles. The van der Waals surface area contributed by atoms with Crippen molar-refractivity contribution in [2.24, 2.45) is 5.73 Å². The first-order chi connectivity index (χ1) is 12.1. The average molecular weight is 400 g/mol. The number of hydrogen-bond acceptors (Lipinski definition) is 6. The second-order valence-electron chi connectivity index (χ2n) is 5.79. The van der Waals surface area contributed by atoms with E-state index in [2.05, 4.69) is 10.3 Å². The predicted octanol–water partition coefficient (Wildman–Crippen LogP) is 3.26. The van der Waals surface area contributed by atoms with Gasteiger partial charge in [0, 0.05) is 17.5 Å². The number of halogens is 1. The average Bonchev–Trinajstić information content (AvgIpc) is 3.04. The van der Waals surface area contributed by atoms with Gasteiger partial charge in [-0.1, -0.05) is 12.1 Å². The second-order valence-corrected chi connectivity index (χ2v) is 6.73. The standard InChI is InChI=1S/C18H25N3O3S.ClH/c1-13(2)24-9-8-23-11-14-4-3-5-15(10-14)20-18(22)16-12-25-17(21-16)6-7-19;/h3-5,10,12-13H,6-9,11,19H2,1-2H3,(H,20,22);1H. The molecule has 0 fully saturated rings. The smallest absolute Gasteiger partial charge is 0.275 e. The van der Waals surface area contributed by atoms with Crippen LogP contribution in [0.2, 0.25) is 0 Å². The van der Waals surface area contributed by atoms with Gasteiger partial charge in [0.05, 0.1) is 30.9 Å². The molecule has 0 saturated carbocycles. The molecule has 0 atom stereocenters.